The van der Waals surface area contributed by atoms with Gasteiger partial charge in [-0.1, -0.05) is 127 Å². The minimum atomic E-state index is -5.44. The Balaban J connectivity index is 1.42. The van der Waals surface area contributed by atoms with Gasteiger partial charge in [0.05, 0.1) is 25.4 Å². The molecule has 0 spiro atoms. The highest BCUT2D eigenvalue weighted by molar-refractivity contribution is 7.61. The molecule has 19 nitrogen and oxygen atoms in total. The number of aliphatic hydroxyl groups is 2. The van der Waals surface area contributed by atoms with E-state index in [1.54, 1.807) is 0 Å². The van der Waals surface area contributed by atoms with E-state index in [0.29, 0.717) is 19.3 Å². The summed E-state index contributed by atoms with van der Waals surface area (Å²) < 4.78 is 62.6. The molecule has 0 amide bonds. The Bertz CT molecular complexity index is 1950. The predicted molar refractivity (Wildman–Crippen MR) is 270 cm³/mol. The molecule has 1 aromatic heterocycles. The number of nitrogens with two attached hydrogens (primary N) is 1. The number of carbonyl (C=O) groups is 2. The summed E-state index contributed by atoms with van der Waals surface area (Å²) in [7, 11) is -10.9. The lowest BCUT2D eigenvalue weighted by atomic mass is 10.1. The Kier molecular flexibility index (Phi) is 31.2. The summed E-state index contributed by atoms with van der Waals surface area (Å²) in [5.41, 5.74) is 4.58. The second-order valence-electron chi connectivity index (χ2n) is 18.1. The van der Waals surface area contributed by atoms with Crippen molar-refractivity contribution < 1.29 is 71.0 Å². The molecule has 2 aliphatic heterocycles. The summed E-state index contributed by atoms with van der Waals surface area (Å²) in [5, 5.41) is 20.9. The molecule has 6 N–H and O–H groups in total. The molecule has 2 saturated heterocycles. The van der Waals surface area contributed by atoms with Crippen LogP contribution in [0.5, 0.6) is 0 Å². The number of carbonyl (C=O) groups excluding carboxylic acids is 2. The van der Waals surface area contributed by atoms with E-state index >= 15 is 0 Å². The average molecular weight is 1040 g/mol. The van der Waals surface area contributed by atoms with Crippen LogP contribution < -0.4 is 11.4 Å². The van der Waals surface area contributed by atoms with Gasteiger partial charge in [0.15, 0.2) is 12.3 Å². The van der Waals surface area contributed by atoms with Crippen molar-refractivity contribution in [1.29, 1.82) is 0 Å². The minimum absolute atomic E-state index is 0.0228. The zero-order valence-corrected chi connectivity index (χ0v) is 43.7. The first-order valence-electron chi connectivity index (χ1n) is 25.8. The van der Waals surface area contributed by atoms with Gasteiger partial charge in [-0.25, -0.2) is 13.9 Å². The number of anilines is 1. The molecule has 4 unspecified atom stereocenters. The summed E-state index contributed by atoms with van der Waals surface area (Å²) in [5.74, 6) is -1.39. The number of nitrogens with zero attached hydrogens (tertiary/aromatic N) is 2. The molecule has 0 bridgehead atoms. The monoisotopic (exact) mass is 1040 g/mol. The molecule has 71 heavy (non-hydrogen) atoms. The van der Waals surface area contributed by atoms with Crippen LogP contribution in [0.2, 0.25) is 0 Å². The van der Waals surface area contributed by atoms with Crippen molar-refractivity contribution in [3.63, 3.8) is 0 Å². The number of epoxide rings is 1. The second kappa shape index (κ2) is 35.8. The highest BCUT2D eigenvalue weighted by atomic mass is 31.3. The lowest BCUT2D eigenvalue weighted by Crippen LogP contribution is -2.36. The Morgan fingerprint density at radius 2 is 1.27 bits per heavy atom. The van der Waals surface area contributed by atoms with Gasteiger partial charge < -0.3 is 44.7 Å². The standard InChI is InChI=1S/C50H83N3O16P2/c1-3-5-7-9-11-13-15-17-18-19-21-23-25-27-29-33-46(55)66-40(37-63-45(54)34-30-32-42-41(67-42)31-28-26-24-22-20-16-14-12-10-8-6-4-2)38-64-70(59,60)69-71(61,62)65-39-43-47(56)48(57)49(68-43)53-36-35-44(51)52-50(53)58/h12,14,17-18,20,22,26,28,35-36,40-43,47-49,56-57H,3-11,13,15-16,19,21,23-25,27,29-34,37-39H2,1-2H3,(H,59,60)(H,61,62)(H2,51,52,58)/b14-12-,18-17-,22-20-,28-26-/t40-,41?,42?,43-,47-,48-,49-/m1/s1. The minimum Gasteiger partial charge on any atom is -0.462 e. The van der Waals surface area contributed by atoms with Crippen LogP contribution in [0.3, 0.4) is 0 Å². The quantitative estimate of drug-likeness (QED) is 0.0134. The molecule has 3 heterocycles. The summed E-state index contributed by atoms with van der Waals surface area (Å²) in [6.45, 7) is 2.04. The summed E-state index contributed by atoms with van der Waals surface area (Å²) in [4.78, 5) is 62.0. The third-order valence-corrected chi connectivity index (χ3v) is 14.4. The molecular weight excluding hydrogens is 961 g/mol. The average Bonchev–Trinajstić information content (AvgIpc) is 4.01. The molecular formula is C50H83N3O16P2. The van der Waals surface area contributed by atoms with Gasteiger partial charge in [-0.15, -0.1) is 0 Å². The fraction of sp³-hybridized carbons (Fsp3) is 0.720. The predicted octanol–water partition coefficient (Wildman–Crippen LogP) is 9.54. The zero-order chi connectivity index (χ0) is 51.7. The van der Waals surface area contributed by atoms with Crippen molar-refractivity contribution in [3.05, 3.63) is 71.4 Å². The number of phosphoric ester groups is 2. The van der Waals surface area contributed by atoms with Gasteiger partial charge in [-0.2, -0.15) is 9.29 Å². The first-order valence-corrected chi connectivity index (χ1v) is 28.8. The zero-order valence-electron chi connectivity index (χ0n) is 42.0. The van der Waals surface area contributed by atoms with Crippen molar-refractivity contribution >= 4 is 33.4 Å². The van der Waals surface area contributed by atoms with E-state index < -0.39 is 83.7 Å². The first-order chi connectivity index (χ1) is 34.1. The van der Waals surface area contributed by atoms with Crippen molar-refractivity contribution in [2.75, 3.05) is 25.6 Å². The van der Waals surface area contributed by atoms with Crippen molar-refractivity contribution in [3.8, 4) is 0 Å². The van der Waals surface area contributed by atoms with Crippen molar-refractivity contribution in [2.45, 2.75) is 211 Å². The maximum absolute atomic E-state index is 12.9. The van der Waals surface area contributed by atoms with Gasteiger partial charge >= 0.3 is 33.3 Å². The van der Waals surface area contributed by atoms with E-state index in [1.807, 2.05) is 0 Å². The van der Waals surface area contributed by atoms with Crippen LogP contribution in [0, 0.1) is 0 Å². The summed E-state index contributed by atoms with van der Waals surface area (Å²) >= 11 is 0. The molecule has 404 valence electrons. The molecule has 1 aromatic rings. The van der Waals surface area contributed by atoms with Gasteiger partial charge in [-0.05, 0) is 83.1 Å². The van der Waals surface area contributed by atoms with Gasteiger partial charge in [-0.3, -0.25) is 23.2 Å². The van der Waals surface area contributed by atoms with Crippen LogP contribution in [0.1, 0.15) is 174 Å². The Morgan fingerprint density at radius 3 is 1.94 bits per heavy atom. The molecule has 9 atom stereocenters. The van der Waals surface area contributed by atoms with Gasteiger partial charge in [0, 0.05) is 19.0 Å². The Labute approximate surface area is 420 Å². The van der Waals surface area contributed by atoms with Crippen LogP contribution in [0.25, 0.3) is 0 Å². The molecule has 0 aromatic carbocycles. The number of rotatable bonds is 41. The fourth-order valence-electron chi connectivity index (χ4n) is 7.69. The largest absolute Gasteiger partial charge is 0.481 e. The lowest BCUT2D eigenvalue weighted by molar-refractivity contribution is -0.161. The van der Waals surface area contributed by atoms with Crippen LogP contribution >= 0.6 is 15.6 Å². The van der Waals surface area contributed by atoms with E-state index in [4.69, 9.17) is 33.7 Å². The molecule has 0 radical (unpaired) electrons. The fourth-order valence-corrected chi connectivity index (χ4v) is 9.80. The number of aromatic nitrogens is 2. The number of hydrogen-bond donors (Lipinski definition) is 5. The number of allylic oxidation sites excluding steroid dienone is 7. The van der Waals surface area contributed by atoms with E-state index in [0.717, 1.165) is 75.0 Å². The van der Waals surface area contributed by atoms with Crippen molar-refractivity contribution in [2.24, 2.45) is 0 Å². The van der Waals surface area contributed by atoms with E-state index in [9.17, 15) is 43.5 Å². The number of unbranched alkanes of at least 4 members (excludes halogenated alkanes) is 14. The summed E-state index contributed by atoms with van der Waals surface area (Å²) in [6, 6.07) is 1.24. The molecule has 3 rings (SSSR count). The number of nitrogen functional groups attached to an aromatic ring is 1. The topological polar surface area (TPSA) is 278 Å². The van der Waals surface area contributed by atoms with Gasteiger partial charge in [0.2, 0.25) is 0 Å². The smallest absolute Gasteiger partial charge is 0.462 e. The third-order valence-electron chi connectivity index (χ3n) is 11.8. The molecule has 0 aliphatic carbocycles. The molecule has 21 heteroatoms. The van der Waals surface area contributed by atoms with Crippen LogP contribution in [0.15, 0.2) is 65.7 Å². The number of esters is 2. The highest BCUT2D eigenvalue weighted by Crippen LogP contribution is 2.60. The SMILES string of the molecule is CCCCC/C=C\C/C=C\C/C=C\CC1OC1CCCC(=O)OC[C@H](COP(=O)(O)OP(=O)(O)OC[C@H]1O[C@@H](n2ccc(N)nc2=O)[C@H](O)[C@@H]1O)OC(=O)CCCCCCC/C=C\CCCCCCCC. The number of ether oxygens (including phenoxy) is 4. The molecule has 2 aliphatic rings. The lowest BCUT2D eigenvalue weighted by Gasteiger charge is -2.21. The maximum Gasteiger partial charge on any atom is 0.481 e. The maximum atomic E-state index is 12.9. The molecule has 0 saturated carbocycles. The van der Waals surface area contributed by atoms with Gasteiger partial charge in [0.1, 0.15) is 30.7 Å². The van der Waals surface area contributed by atoms with E-state index in [2.05, 4.69) is 71.8 Å². The van der Waals surface area contributed by atoms with Crippen molar-refractivity contribution in [1.82, 2.24) is 9.55 Å². The second-order valence-corrected chi connectivity index (χ2v) is 21.1. The number of phosphoric acid groups is 2. The molecule has 2 fully saturated rings. The number of hydrogen-bond acceptors (Lipinski definition) is 16. The Hall–Kier alpha value is -3.32. The highest BCUT2D eigenvalue weighted by Gasteiger charge is 2.46. The van der Waals surface area contributed by atoms with Crippen LogP contribution in [-0.2, 0) is 51.0 Å². The number of aliphatic hydroxyl groups excluding tert-OH is 2. The van der Waals surface area contributed by atoms with E-state index in [1.165, 1.54) is 63.9 Å². The first kappa shape index (κ1) is 62.0. The normalized spacial score (nSPS) is 22.4. The Morgan fingerprint density at radius 1 is 0.704 bits per heavy atom. The van der Waals surface area contributed by atoms with Crippen LogP contribution in [0.4, 0.5) is 5.82 Å². The van der Waals surface area contributed by atoms with E-state index in [-0.39, 0.29) is 30.9 Å². The van der Waals surface area contributed by atoms with Gasteiger partial charge in [0.25, 0.3) is 0 Å². The van der Waals surface area contributed by atoms with Crippen LogP contribution in [-0.4, -0.2) is 97.9 Å². The third kappa shape index (κ3) is 28.1. The summed E-state index contributed by atoms with van der Waals surface area (Å²) in [6.07, 6.45) is 33.5.